The van der Waals surface area contributed by atoms with Crippen molar-refractivity contribution >= 4 is 23.1 Å². The molecular weight excluding hydrogens is 466 g/mol. The van der Waals surface area contributed by atoms with Gasteiger partial charge < -0.3 is 14.6 Å². The summed E-state index contributed by atoms with van der Waals surface area (Å²) >= 11 is 0. The van der Waals surface area contributed by atoms with Gasteiger partial charge in [0.25, 0.3) is 11.7 Å². The lowest BCUT2D eigenvalue weighted by Crippen LogP contribution is -2.29. The van der Waals surface area contributed by atoms with E-state index in [9.17, 15) is 14.7 Å². The van der Waals surface area contributed by atoms with E-state index in [1.54, 1.807) is 48.5 Å². The van der Waals surface area contributed by atoms with Gasteiger partial charge >= 0.3 is 0 Å². The number of nitrogens with zero attached hydrogens (tertiary/aromatic N) is 1. The fourth-order valence-electron chi connectivity index (χ4n) is 4.50. The molecule has 192 valence electrons. The highest BCUT2D eigenvalue weighted by Gasteiger charge is 2.47. The molecule has 1 aliphatic heterocycles. The van der Waals surface area contributed by atoms with Gasteiger partial charge in [0.05, 0.1) is 24.8 Å². The molecule has 0 bridgehead atoms. The van der Waals surface area contributed by atoms with Gasteiger partial charge in [-0.2, -0.15) is 0 Å². The van der Waals surface area contributed by atoms with Crippen LogP contribution in [-0.2, 0) is 15.0 Å². The molecule has 6 heteroatoms. The molecule has 1 aliphatic rings. The molecule has 0 aromatic heterocycles. The first kappa shape index (κ1) is 26.0. The molecule has 1 heterocycles. The number of Topliss-reactive ketones (excluding diaryl/α,β-unsaturated/α-hetero) is 1. The molecule has 0 aliphatic carbocycles. The van der Waals surface area contributed by atoms with Crippen molar-refractivity contribution in [2.75, 3.05) is 18.1 Å². The van der Waals surface area contributed by atoms with E-state index in [-0.39, 0.29) is 16.7 Å². The number of ether oxygens (including phenoxy) is 2. The quantitative estimate of drug-likeness (QED) is 0.231. The lowest BCUT2D eigenvalue weighted by molar-refractivity contribution is -0.132. The number of hydrogen-bond acceptors (Lipinski definition) is 5. The number of hydrogen-bond donors (Lipinski definition) is 1. The van der Waals surface area contributed by atoms with Gasteiger partial charge in [-0.05, 0) is 66.8 Å². The van der Waals surface area contributed by atoms with Crippen molar-refractivity contribution in [1.29, 1.82) is 0 Å². The first-order valence-electron chi connectivity index (χ1n) is 12.5. The third-order valence-electron chi connectivity index (χ3n) is 6.38. The Morgan fingerprint density at radius 2 is 1.49 bits per heavy atom. The van der Waals surface area contributed by atoms with Crippen molar-refractivity contribution in [3.8, 4) is 11.5 Å². The van der Waals surface area contributed by atoms with Crippen LogP contribution >= 0.6 is 0 Å². The van der Waals surface area contributed by atoms with Gasteiger partial charge in [0, 0.05) is 17.3 Å². The molecular formula is C31H33NO5. The number of amides is 1. The Bertz CT molecular complexity index is 1320. The molecule has 6 nitrogen and oxygen atoms in total. The number of anilines is 1. The van der Waals surface area contributed by atoms with Crippen LogP contribution in [0.3, 0.4) is 0 Å². The summed E-state index contributed by atoms with van der Waals surface area (Å²) in [5.74, 6) is -0.421. The van der Waals surface area contributed by atoms with E-state index < -0.39 is 17.7 Å². The lowest BCUT2D eigenvalue weighted by Gasteiger charge is -2.27. The maximum atomic E-state index is 13.4. The standard InChI is InChI=1S/C31H33NO5/c1-6-36-24-17-13-21(14-18-24)28(33)26-27(20-11-15-22(16-12-20)31(3,4)5)32(30(35)29(26)34)23-9-8-10-25(19-23)37-7-2/h8-19,27,33H,6-7H2,1-5H3/b28-26+. The van der Waals surface area contributed by atoms with Crippen molar-refractivity contribution in [3.05, 3.63) is 95.1 Å². The summed E-state index contributed by atoms with van der Waals surface area (Å²) < 4.78 is 11.1. The van der Waals surface area contributed by atoms with Crippen molar-refractivity contribution in [2.45, 2.75) is 46.1 Å². The second kappa shape index (κ2) is 10.5. The largest absolute Gasteiger partial charge is 0.507 e. The first-order chi connectivity index (χ1) is 17.7. The Kier molecular flexibility index (Phi) is 7.39. The molecule has 1 N–H and O–H groups in total. The Balaban J connectivity index is 1.88. The molecule has 37 heavy (non-hydrogen) atoms. The van der Waals surface area contributed by atoms with Gasteiger partial charge in [-0.15, -0.1) is 0 Å². The van der Waals surface area contributed by atoms with Crippen LogP contribution in [0.2, 0.25) is 0 Å². The highest BCUT2D eigenvalue weighted by atomic mass is 16.5. The van der Waals surface area contributed by atoms with E-state index in [1.807, 2.05) is 38.1 Å². The van der Waals surface area contributed by atoms with Gasteiger partial charge in [-0.1, -0.05) is 51.1 Å². The molecule has 1 fully saturated rings. The molecule has 1 atom stereocenters. The molecule has 1 unspecified atom stereocenters. The Labute approximate surface area is 218 Å². The molecule has 1 saturated heterocycles. The fraction of sp³-hybridized carbons (Fsp3) is 0.290. The fourth-order valence-corrected chi connectivity index (χ4v) is 4.50. The smallest absolute Gasteiger partial charge is 0.300 e. The second-order valence-electron chi connectivity index (χ2n) is 9.93. The number of rotatable bonds is 7. The minimum Gasteiger partial charge on any atom is -0.507 e. The first-order valence-corrected chi connectivity index (χ1v) is 12.5. The average molecular weight is 500 g/mol. The molecule has 0 saturated carbocycles. The van der Waals surface area contributed by atoms with E-state index >= 15 is 0 Å². The maximum Gasteiger partial charge on any atom is 0.300 e. The molecule has 4 rings (SSSR count). The molecule has 0 spiro atoms. The minimum absolute atomic E-state index is 0.0412. The van der Waals surface area contributed by atoms with Crippen LogP contribution in [0.1, 0.15) is 57.4 Å². The van der Waals surface area contributed by atoms with Crippen molar-refractivity contribution in [2.24, 2.45) is 0 Å². The number of aliphatic hydroxyl groups excluding tert-OH is 1. The van der Waals surface area contributed by atoms with Gasteiger partial charge in [0.15, 0.2) is 0 Å². The van der Waals surface area contributed by atoms with Crippen LogP contribution in [0.25, 0.3) is 5.76 Å². The number of carbonyl (C=O) groups is 2. The number of benzene rings is 3. The topological polar surface area (TPSA) is 76.1 Å². The van der Waals surface area contributed by atoms with Crippen LogP contribution in [0, 0.1) is 0 Å². The van der Waals surface area contributed by atoms with Gasteiger partial charge in [-0.25, -0.2) is 0 Å². The van der Waals surface area contributed by atoms with E-state index in [4.69, 9.17) is 9.47 Å². The summed E-state index contributed by atoms with van der Waals surface area (Å²) in [6.45, 7) is 11.1. The van der Waals surface area contributed by atoms with Gasteiger partial charge in [-0.3, -0.25) is 14.5 Å². The third-order valence-corrected chi connectivity index (χ3v) is 6.38. The van der Waals surface area contributed by atoms with Crippen LogP contribution in [0.5, 0.6) is 11.5 Å². The predicted molar refractivity (Wildman–Crippen MR) is 145 cm³/mol. The second-order valence-corrected chi connectivity index (χ2v) is 9.93. The summed E-state index contributed by atoms with van der Waals surface area (Å²) in [6.07, 6.45) is 0. The van der Waals surface area contributed by atoms with Crippen molar-refractivity contribution in [1.82, 2.24) is 0 Å². The Morgan fingerprint density at radius 1 is 0.865 bits per heavy atom. The van der Waals surface area contributed by atoms with Crippen LogP contribution < -0.4 is 14.4 Å². The van der Waals surface area contributed by atoms with E-state index in [0.29, 0.717) is 36.0 Å². The van der Waals surface area contributed by atoms with E-state index in [2.05, 4.69) is 20.8 Å². The monoisotopic (exact) mass is 499 g/mol. The molecule has 3 aromatic carbocycles. The van der Waals surface area contributed by atoms with Crippen LogP contribution in [-0.4, -0.2) is 30.0 Å². The summed E-state index contributed by atoms with van der Waals surface area (Å²) in [5, 5.41) is 11.4. The maximum absolute atomic E-state index is 13.4. The summed E-state index contributed by atoms with van der Waals surface area (Å²) in [4.78, 5) is 28.3. The number of aliphatic hydroxyl groups is 1. The zero-order valence-electron chi connectivity index (χ0n) is 21.9. The van der Waals surface area contributed by atoms with Gasteiger partial charge in [0.2, 0.25) is 0 Å². The minimum atomic E-state index is -0.808. The summed E-state index contributed by atoms with van der Waals surface area (Å²) in [6, 6.07) is 21.0. The van der Waals surface area contributed by atoms with E-state index in [0.717, 1.165) is 11.1 Å². The average Bonchev–Trinajstić information content (AvgIpc) is 3.14. The van der Waals surface area contributed by atoms with Crippen LogP contribution in [0.4, 0.5) is 5.69 Å². The number of carbonyl (C=O) groups excluding carboxylic acids is 2. The normalized spacial score (nSPS) is 17.2. The van der Waals surface area contributed by atoms with Crippen molar-refractivity contribution in [3.63, 3.8) is 0 Å². The molecule has 0 radical (unpaired) electrons. The summed E-state index contributed by atoms with van der Waals surface area (Å²) in [7, 11) is 0. The Morgan fingerprint density at radius 3 is 2.08 bits per heavy atom. The third kappa shape index (κ3) is 5.24. The highest BCUT2D eigenvalue weighted by molar-refractivity contribution is 6.51. The zero-order valence-corrected chi connectivity index (χ0v) is 21.9. The SMILES string of the molecule is CCOc1ccc(/C(O)=C2\C(=O)C(=O)N(c3cccc(OCC)c3)C2c2ccc(C(C)(C)C)cc2)cc1. The molecule has 3 aromatic rings. The predicted octanol–water partition coefficient (Wildman–Crippen LogP) is 6.41. The Hall–Kier alpha value is -4.06. The zero-order chi connectivity index (χ0) is 26.7. The highest BCUT2D eigenvalue weighted by Crippen LogP contribution is 2.43. The van der Waals surface area contributed by atoms with Gasteiger partial charge in [0.1, 0.15) is 17.3 Å². The lowest BCUT2D eigenvalue weighted by atomic mass is 9.85. The summed E-state index contributed by atoms with van der Waals surface area (Å²) in [5.41, 5.74) is 2.78. The molecule has 1 amide bonds. The van der Waals surface area contributed by atoms with E-state index in [1.165, 1.54) is 4.90 Å². The van der Waals surface area contributed by atoms with Crippen LogP contribution in [0.15, 0.2) is 78.4 Å². The van der Waals surface area contributed by atoms with Crippen molar-refractivity contribution < 1.29 is 24.2 Å². The number of ketones is 1.